The lowest BCUT2D eigenvalue weighted by Crippen LogP contribution is -2.45. The zero-order valence-electron chi connectivity index (χ0n) is 19.0. The van der Waals surface area contributed by atoms with Gasteiger partial charge in [0.2, 0.25) is 0 Å². The Kier molecular flexibility index (Phi) is 5.70. The van der Waals surface area contributed by atoms with Crippen molar-refractivity contribution >= 4 is 33.1 Å². The summed E-state index contributed by atoms with van der Waals surface area (Å²) >= 11 is 1.24. The highest BCUT2D eigenvalue weighted by molar-refractivity contribution is 7.20. The van der Waals surface area contributed by atoms with Gasteiger partial charge in [-0.2, -0.15) is 0 Å². The van der Waals surface area contributed by atoms with Crippen LogP contribution in [0.3, 0.4) is 0 Å². The fourth-order valence-corrected chi connectivity index (χ4v) is 5.95. The second-order valence-electron chi connectivity index (χ2n) is 8.96. The van der Waals surface area contributed by atoms with Crippen molar-refractivity contribution in [1.82, 2.24) is 14.9 Å². The van der Waals surface area contributed by atoms with E-state index in [1.807, 2.05) is 24.8 Å². The van der Waals surface area contributed by atoms with Gasteiger partial charge in [0.1, 0.15) is 16.5 Å². The van der Waals surface area contributed by atoms with E-state index in [0.29, 0.717) is 51.5 Å². The molecule has 0 spiro atoms. The van der Waals surface area contributed by atoms with Crippen molar-refractivity contribution in [3.05, 3.63) is 56.2 Å². The number of ether oxygens (including phenoxy) is 1. The maximum absolute atomic E-state index is 14.9. The van der Waals surface area contributed by atoms with Crippen LogP contribution in [0.4, 0.5) is 10.1 Å². The molecule has 0 saturated carbocycles. The van der Waals surface area contributed by atoms with E-state index in [0.717, 1.165) is 18.7 Å². The van der Waals surface area contributed by atoms with Crippen LogP contribution in [0.1, 0.15) is 46.9 Å². The van der Waals surface area contributed by atoms with Gasteiger partial charge in [-0.3, -0.25) is 14.2 Å². The maximum Gasteiger partial charge on any atom is 0.262 e. The molecule has 2 atom stereocenters. The van der Waals surface area contributed by atoms with Crippen molar-refractivity contribution < 1.29 is 13.9 Å². The molecule has 1 aromatic carbocycles. The molecule has 0 radical (unpaired) electrons. The summed E-state index contributed by atoms with van der Waals surface area (Å²) in [4.78, 5) is 33.4. The van der Waals surface area contributed by atoms with Crippen molar-refractivity contribution in [2.75, 3.05) is 18.0 Å². The van der Waals surface area contributed by atoms with Crippen molar-refractivity contribution in [3.63, 3.8) is 0 Å². The van der Waals surface area contributed by atoms with Crippen molar-refractivity contribution in [2.24, 2.45) is 0 Å². The Morgan fingerprint density at radius 3 is 2.79 bits per heavy atom. The molecule has 33 heavy (non-hydrogen) atoms. The monoisotopic (exact) mass is 470 g/mol. The molecule has 1 saturated heterocycles. The first-order valence-electron chi connectivity index (χ1n) is 11.3. The molecule has 7 nitrogen and oxygen atoms in total. The number of aromatic nitrogens is 2. The summed E-state index contributed by atoms with van der Waals surface area (Å²) in [7, 11) is 0. The molecule has 2 aliphatic heterocycles. The molecule has 0 aliphatic carbocycles. The first kappa shape index (κ1) is 22.0. The normalized spacial score (nSPS) is 20.3. The molecule has 174 valence electrons. The van der Waals surface area contributed by atoms with Crippen LogP contribution in [0, 0.1) is 12.7 Å². The highest BCUT2D eigenvalue weighted by Crippen LogP contribution is 2.29. The van der Waals surface area contributed by atoms with E-state index in [2.05, 4.69) is 10.3 Å². The average Bonchev–Trinajstić information content (AvgIpc) is 3.36. The van der Waals surface area contributed by atoms with E-state index in [1.54, 1.807) is 17.6 Å². The van der Waals surface area contributed by atoms with Crippen LogP contribution < -0.4 is 15.8 Å². The third-order valence-corrected chi connectivity index (χ3v) is 7.53. The minimum Gasteiger partial charge on any atom is -0.372 e. The lowest BCUT2D eigenvalue weighted by atomic mass is 10.1. The highest BCUT2D eigenvalue weighted by Gasteiger charge is 2.25. The van der Waals surface area contributed by atoms with Crippen molar-refractivity contribution in [1.29, 1.82) is 0 Å². The minimum absolute atomic E-state index is 0.0420. The van der Waals surface area contributed by atoms with Crippen LogP contribution >= 0.6 is 11.3 Å². The Morgan fingerprint density at radius 2 is 2.06 bits per heavy atom. The van der Waals surface area contributed by atoms with E-state index in [4.69, 9.17) is 4.74 Å². The Hall–Kier alpha value is -2.78. The maximum atomic E-state index is 14.9. The average molecular weight is 471 g/mol. The number of anilines is 1. The molecule has 2 aliphatic rings. The molecule has 5 rings (SSSR count). The zero-order valence-corrected chi connectivity index (χ0v) is 19.8. The second kappa shape index (κ2) is 8.53. The number of carbonyl (C=O) groups is 1. The zero-order chi connectivity index (χ0) is 23.3. The fraction of sp³-hybridized carbons (Fsp3) is 0.458. The summed E-state index contributed by atoms with van der Waals surface area (Å²) in [6, 6.07) is 5.06. The molecule has 2 unspecified atom stereocenters. The number of benzene rings is 1. The van der Waals surface area contributed by atoms with Gasteiger partial charge in [0, 0.05) is 32.6 Å². The number of nitrogens with zero attached hydrogens (tertiary/aromatic N) is 3. The summed E-state index contributed by atoms with van der Waals surface area (Å²) < 4.78 is 22.3. The van der Waals surface area contributed by atoms with Crippen LogP contribution in [0.5, 0.6) is 0 Å². The summed E-state index contributed by atoms with van der Waals surface area (Å²) in [6.45, 7) is 7.91. The van der Waals surface area contributed by atoms with Gasteiger partial charge in [0.15, 0.2) is 0 Å². The largest absolute Gasteiger partial charge is 0.372 e. The molecule has 2 aromatic heterocycles. The van der Waals surface area contributed by atoms with E-state index in [1.165, 1.54) is 17.4 Å². The standard InChI is InChI=1S/C24H27FN4O3S/c1-13-11-28(12-14(2)32-13)18-7-6-16(9-17(18)25)10-26-22(30)21-15(3)20-23(33-21)27-19-5-4-8-29(19)24(20)31/h6-7,9,13-14H,4-5,8,10-12H2,1-3H3,(H,26,30). The molecule has 1 amide bonds. The van der Waals surface area contributed by atoms with Gasteiger partial charge in [0.05, 0.1) is 28.2 Å². The topological polar surface area (TPSA) is 76.5 Å². The van der Waals surface area contributed by atoms with Crippen LogP contribution in [0.15, 0.2) is 23.0 Å². The molecule has 0 bridgehead atoms. The SMILES string of the molecule is Cc1c(C(=O)NCc2ccc(N3CC(C)OC(C)C3)c(F)c2)sc2nc3n(c(=O)c12)CCC3. The number of carbonyl (C=O) groups excluding carboxylic acids is 1. The van der Waals surface area contributed by atoms with Crippen LogP contribution in [0.25, 0.3) is 10.2 Å². The predicted molar refractivity (Wildman–Crippen MR) is 127 cm³/mol. The van der Waals surface area contributed by atoms with Crippen LogP contribution in [-0.2, 0) is 24.2 Å². The molecular weight excluding hydrogens is 443 g/mol. The van der Waals surface area contributed by atoms with E-state index >= 15 is 0 Å². The Bertz CT molecular complexity index is 1290. The van der Waals surface area contributed by atoms with Crippen LogP contribution in [0.2, 0.25) is 0 Å². The van der Waals surface area contributed by atoms with Gasteiger partial charge in [-0.15, -0.1) is 11.3 Å². The molecule has 1 N–H and O–H groups in total. The lowest BCUT2D eigenvalue weighted by molar-refractivity contribution is -0.00539. The Labute approximate surface area is 195 Å². The number of hydrogen-bond donors (Lipinski definition) is 1. The number of nitrogens with one attached hydrogen (secondary N) is 1. The lowest BCUT2D eigenvalue weighted by Gasteiger charge is -2.37. The van der Waals surface area contributed by atoms with Gasteiger partial charge < -0.3 is 15.0 Å². The first-order valence-corrected chi connectivity index (χ1v) is 12.1. The number of amides is 1. The second-order valence-corrected chi connectivity index (χ2v) is 9.95. The Balaban J connectivity index is 1.32. The third kappa shape index (κ3) is 4.04. The van der Waals surface area contributed by atoms with Gasteiger partial charge in [-0.1, -0.05) is 6.07 Å². The minimum atomic E-state index is -0.312. The fourth-order valence-electron chi connectivity index (χ4n) is 4.85. The van der Waals surface area contributed by atoms with Crippen molar-refractivity contribution in [3.8, 4) is 0 Å². The molecule has 3 aromatic rings. The van der Waals surface area contributed by atoms with Gasteiger partial charge >= 0.3 is 0 Å². The molecular formula is C24H27FN4O3S. The smallest absolute Gasteiger partial charge is 0.262 e. The van der Waals surface area contributed by atoms with Crippen LogP contribution in [-0.4, -0.2) is 40.8 Å². The summed E-state index contributed by atoms with van der Waals surface area (Å²) in [5, 5.41) is 3.40. The number of thiophene rings is 1. The molecule has 4 heterocycles. The van der Waals surface area contributed by atoms with E-state index in [-0.39, 0.29) is 36.0 Å². The Morgan fingerprint density at radius 1 is 1.30 bits per heavy atom. The number of morpholine rings is 1. The number of aryl methyl sites for hydroxylation is 2. The number of fused-ring (bicyclic) bond motifs is 2. The number of rotatable bonds is 4. The summed E-state index contributed by atoms with van der Waals surface area (Å²) in [6.07, 6.45) is 1.79. The molecule has 9 heteroatoms. The quantitative estimate of drug-likeness (QED) is 0.633. The first-order chi connectivity index (χ1) is 15.8. The number of hydrogen-bond acceptors (Lipinski definition) is 6. The number of halogens is 1. The predicted octanol–water partition coefficient (Wildman–Crippen LogP) is 3.40. The molecule has 1 fully saturated rings. The third-order valence-electron chi connectivity index (χ3n) is 6.34. The van der Waals surface area contributed by atoms with Gasteiger partial charge in [-0.05, 0) is 50.5 Å². The van der Waals surface area contributed by atoms with E-state index in [9.17, 15) is 14.0 Å². The summed E-state index contributed by atoms with van der Waals surface area (Å²) in [5.41, 5.74) is 1.82. The van der Waals surface area contributed by atoms with Crippen molar-refractivity contribution in [2.45, 2.75) is 58.9 Å². The van der Waals surface area contributed by atoms with Gasteiger partial charge in [-0.25, -0.2) is 9.37 Å². The summed E-state index contributed by atoms with van der Waals surface area (Å²) in [5.74, 6) is 0.202. The highest BCUT2D eigenvalue weighted by atomic mass is 32.1. The van der Waals surface area contributed by atoms with Gasteiger partial charge in [0.25, 0.3) is 11.5 Å². The van der Waals surface area contributed by atoms with E-state index < -0.39 is 0 Å².